The summed E-state index contributed by atoms with van der Waals surface area (Å²) in [6.07, 6.45) is 0. The fraction of sp³-hybridized carbons (Fsp3) is 0.667. The van der Waals surface area contributed by atoms with Crippen LogP contribution in [0.5, 0.6) is 0 Å². The van der Waals surface area contributed by atoms with Gasteiger partial charge >= 0.3 is 0 Å². The Kier molecular flexibility index (Phi) is 7.44. The number of rotatable bonds is 3. The monoisotopic (exact) mass is 286 g/mol. The molecule has 0 rings (SSSR count). The SMILES string of the molecule is ClC#CC(Cl)C(Cl)C(Cl)C(Cl)Cl. The van der Waals surface area contributed by atoms with Gasteiger partial charge in [-0.15, -0.1) is 58.0 Å². The van der Waals surface area contributed by atoms with Crippen LogP contribution >= 0.6 is 69.6 Å². The van der Waals surface area contributed by atoms with E-state index in [-0.39, 0.29) is 0 Å². The lowest BCUT2D eigenvalue weighted by Crippen LogP contribution is -2.29. The number of hydrogen-bond acceptors (Lipinski definition) is 0. The molecule has 3 atom stereocenters. The summed E-state index contributed by atoms with van der Waals surface area (Å²) in [7, 11) is 0. The molecule has 0 aromatic heterocycles. The Labute approximate surface area is 101 Å². The van der Waals surface area contributed by atoms with Gasteiger partial charge in [-0.25, -0.2) is 0 Å². The second-order valence-electron chi connectivity index (χ2n) is 1.86. The van der Waals surface area contributed by atoms with Crippen LogP contribution in [0.4, 0.5) is 0 Å². The molecule has 0 radical (unpaired) electrons. The summed E-state index contributed by atoms with van der Waals surface area (Å²) in [5.74, 6) is 2.43. The van der Waals surface area contributed by atoms with E-state index in [0.717, 1.165) is 0 Å². The zero-order chi connectivity index (χ0) is 9.72. The molecule has 0 bridgehead atoms. The Morgan fingerprint density at radius 2 is 1.33 bits per heavy atom. The summed E-state index contributed by atoms with van der Waals surface area (Å²) in [5, 5.41) is 0.146. The summed E-state index contributed by atoms with van der Waals surface area (Å²) >= 11 is 33.2. The molecule has 0 nitrogen and oxygen atoms in total. The first-order chi connectivity index (χ1) is 5.50. The van der Waals surface area contributed by atoms with E-state index in [1.165, 1.54) is 0 Å². The lowest BCUT2D eigenvalue weighted by molar-refractivity contribution is 0.832. The van der Waals surface area contributed by atoms with Crippen molar-refractivity contribution in [2.75, 3.05) is 0 Å². The zero-order valence-corrected chi connectivity index (χ0v) is 10.1. The van der Waals surface area contributed by atoms with Gasteiger partial charge in [-0.3, -0.25) is 0 Å². The molecule has 0 aliphatic heterocycles. The van der Waals surface area contributed by atoms with Crippen molar-refractivity contribution in [2.24, 2.45) is 0 Å². The Balaban J connectivity index is 4.14. The molecule has 0 saturated carbocycles. The fourth-order valence-electron chi connectivity index (χ4n) is 0.432. The summed E-state index contributed by atoms with van der Waals surface area (Å²) < 4.78 is 0. The van der Waals surface area contributed by atoms with Gasteiger partial charge in [0.1, 0.15) is 10.2 Å². The topological polar surface area (TPSA) is 0 Å². The van der Waals surface area contributed by atoms with Crippen molar-refractivity contribution in [3.63, 3.8) is 0 Å². The van der Waals surface area contributed by atoms with Gasteiger partial charge in [0.2, 0.25) is 0 Å². The predicted octanol–water partition coefficient (Wildman–Crippen LogP) is 3.81. The molecular formula is C6H4Cl6. The Hall–Kier alpha value is 1.30. The van der Waals surface area contributed by atoms with E-state index in [4.69, 9.17) is 69.6 Å². The molecule has 0 fully saturated rings. The minimum atomic E-state index is -0.785. The number of hydrogen-bond donors (Lipinski definition) is 0. The van der Waals surface area contributed by atoms with E-state index in [9.17, 15) is 0 Å². The van der Waals surface area contributed by atoms with Crippen LogP contribution < -0.4 is 0 Å². The second kappa shape index (κ2) is 6.71. The van der Waals surface area contributed by atoms with Crippen molar-refractivity contribution in [1.29, 1.82) is 0 Å². The highest BCUT2D eigenvalue weighted by atomic mass is 35.5. The van der Waals surface area contributed by atoms with Gasteiger partial charge in [-0.2, -0.15) is 0 Å². The van der Waals surface area contributed by atoms with E-state index in [2.05, 4.69) is 11.3 Å². The second-order valence-corrected chi connectivity index (χ2v) is 4.69. The molecule has 0 heterocycles. The van der Waals surface area contributed by atoms with E-state index < -0.39 is 21.0 Å². The minimum absolute atomic E-state index is 0.639. The quantitative estimate of drug-likeness (QED) is 0.547. The van der Waals surface area contributed by atoms with Gasteiger partial charge in [0.05, 0.1) is 10.8 Å². The summed E-state index contributed by atoms with van der Waals surface area (Å²) in [4.78, 5) is -0.785. The van der Waals surface area contributed by atoms with Gasteiger partial charge in [-0.1, -0.05) is 5.92 Å². The molecule has 0 spiro atoms. The molecular weight excluding hydrogens is 285 g/mol. The van der Waals surface area contributed by atoms with Crippen LogP contribution in [-0.2, 0) is 0 Å². The third kappa shape index (κ3) is 4.51. The zero-order valence-electron chi connectivity index (χ0n) is 5.58. The molecule has 12 heavy (non-hydrogen) atoms. The first kappa shape index (κ1) is 13.3. The Morgan fingerprint density at radius 3 is 1.67 bits per heavy atom. The number of alkyl halides is 5. The van der Waals surface area contributed by atoms with Crippen LogP contribution in [0.15, 0.2) is 0 Å². The summed E-state index contributed by atoms with van der Waals surface area (Å²) in [6.45, 7) is 0. The molecule has 6 heteroatoms. The van der Waals surface area contributed by atoms with Crippen LogP contribution in [0.25, 0.3) is 0 Å². The van der Waals surface area contributed by atoms with Gasteiger partial charge in [0.25, 0.3) is 0 Å². The van der Waals surface area contributed by atoms with Crippen molar-refractivity contribution >= 4 is 69.6 Å². The summed E-state index contributed by atoms with van der Waals surface area (Å²) in [6, 6.07) is 0. The van der Waals surface area contributed by atoms with Crippen LogP contribution in [0, 0.1) is 11.3 Å². The Morgan fingerprint density at radius 1 is 0.833 bits per heavy atom. The van der Waals surface area contributed by atoms with Crippen LogP contribution in [0.1, 0.15) is 0 Å². The molecule has 0 aliphatic rings. The molecule has 3 unspecified atom stereocenters. The molecule has 0 amide bonds. The van der Waals surface area contributed by atoms with Crippen molar-refractivity contribution in [3.8, 4) is 11.3 Å². The normalized spacial score (nSPS) is 17.9. The maximum absolute atomic E-state index is 5.76. The van der Waals surface area contributed by atoms with Crippen LogP contribution in [-0.4, -0.2) is 21.0 Å². The van der Waals surface area contributed by atoms with Crippen LogP contribution in [0.3, 0.4) is 0 Å². The van der Waals surface area contributed by atoms with Crippen LogP contribution in [0.2, 0.25) is 0 Å². The Bertz CT molecular complexity index is 180. The number of halogens is 6. The predicted molar refractivity (Wildman–Crippen MR) is 58.0 cm³/mol. The molecule has 0 aliphatic carbocycles. The third-order valence-corrected chi connectivity index (χ3v) is 3.61. The average molecular weight is 289 g/mol. The highest BCUT2D eigenvalue weighted by Crippen LogP contribution is 2.25. The molecule has 0 aromatic carbocycles. The highest BCUT2D eigenvalue weighted by Gasteiger charge is 2.28. The van der Waals surface area contributed by atoms with E-state index >= 15 is 0 Å². The van der Waals surface area contributed by atoms with Gasteiger partial charge in [0.15, 0.2) is 0 Å². The van der Waals surface area contributed by atoms with Crippen molar-refractivity contribution < 1.29 is 0 Å². The van der Waals surface area contributed by atoms with Gasteiger partial charge in [-0.05, 0) is 11.6 Å². The highest BCUT2D eigenvalue weighted by molar-refractivity contribution is 6.50. The first-order valence-electron chi connectivity index (χ1n) is 2.82. The molecule has 0 saturated heterocycles. The largest absolute Gasteiger partial charge is 0.125 e. The van der Waals surface area contributed by atoms with Crippen molar-refractivity contribution in [3.05, 3.63) is 0 Å². The first-order valence-corrected chi connectivity index (χ1v) is 5.38. The standard InChI is InChI=1S/C6H4Cl6/c7-2-1-3(8)4(9)5(10)6(11)12/h3-6H. The average Bonchev–Trinajstić information content (AvgIpc) is 2.02. The van der Waals surface area contributed by atoms with Crippen molar-refractivity contribution in [1.82, 2.24) is 0 Å². The molecule has 0 aromatic rings. The third-order valence-electron chi connectivity index (χ3n) is 1.02. The van der Waals surface area contributed by atoms with E-state index in [1.807, 2.05) is 0 Å². The van der Waals surface area contributed by atoms with E-state index in [0.29, 0.717) is 0 Å². The fourth-order valence-corrected chi connectivity index (χ4v) is 1.71. The minimum Gasteiger partial charge on any atom is -0.119 e. The molecule has 70 valence electrons. The van der Waals surface area contributed by atoms with E-state index in [1.54, 1.807) is 0 Å². The lowest BCUT2D eigenvalue weighted by Gasteiger charge is -2.17. The summed E-state index contributed by atoms with van der Waals surface area (Å²) in [5.41, 5.74) is 0. The lowest BCUT2D eigenvalue weighted by atomic mass is 10.2. The van der Waals surface area contributed by atoms with Crippen molar-refractivity contribution in [2.45, 2.75) is 21.0 Å². The molecule has 0 N–H and O–H groups in total. The van der Waals surface area contributed by atoms with Gasteiger partial charge in [0, 0.05) is 5.38 Å². The maximum atomic E-state index is 5.76. The van der Waals surface area contributed by atoms with Gasteiger partial charge < -0.3 is 0 Å². The smallest absolute Gasteiger partial charge is 0.119 e. The maximum Gasteiger partial charge on any atom is 0.125 e.